The smallest absolute Gasteiger partial charge is 0.328 e. The minimum atomic E-state index is 0.447. The van der Waals surface area contributed by atoms with Crippen molar-refractivity contribution in [2.24, 2.45) is 0 Å². The molecule has 0 saturated carbocycles. The summed E-state index contributed by atoms with van der Waals surface area (Å²) in [5.74, 6) is 1.96. The van der Waals surface area contributed by atoms with Gasteiger partial charge in [0.1, 0.15) is 5.76 Å². The lowest BCUT2D eigenvalue weighted by atomic mass is 10.3. The molecular weight excluding hydrogens is 144 g/mol. The van der Waals surface area contributed by atoms with E-state index < -0.39 is 0 Å². The average molecular weight is 156 g/mol. The van der Waals surface area contributed by atoms with Crippen molar-refractivity contribution in [3.05, 3.63) is 11.3 Å². The van der Waals surface area contributed by atoms with Crippen molar-refractivity contribution in [1.29, 1.82) is 0 Å². The highest BCUT2D eigenvalue weighted by Gasteiger charge is 2.14. The highest BCUT2D eigenvalue weighted by Crippen LogP contribution is 2.35. The third-order valence-corrected chi connectivity index (χ3v) is 1.69. The normalized spacial score (nSPS) is 9.82. The van der Waals surface area contributed by atoms with Gasteiger partial charge in [-0.15, -0.1) is 0 Å². The van der Waals surface area contributed by atoms with Gasteiger partial charge in [-0.25, -0.2) is 0 Å². The van der Waals surface area contributed by atoms with Crippen LogP contribution in [-0.4, -0.2) is 14.2 Å². The third-order valence-electron chi connectivity index (χ3n) is 1.69. The summed E-state index contributed by atoms with van der Waals surface area (Å²) in [4.78, 5) is 0. The number of ether oxygens (including phenoxy) is 2. The summed E-state index contributed by atoms with van der Waals surface area (Å²) in [5, 5.41) is 0. The van der Waals surface area contributed by atoms with E-state index in [1.165, 1.54) is 0 Å². The Morgan fingerprint density at radius 2 is 1.73 bits per heavy atom. The summed E-state index contributed by atoms with van der Waals surface area (Å²) < 4.78 is 15.3. The zero-order chi connectivity index (χ0) is 8.43. The predicted molar refractivity (Wildman–Crippen MR) is 41.3 cm³/mol. The number of furan rings is 1. The molecule has 0 N–H and O–H groups in total. The summed E-state index contributed by atoms with van der Waals surface area (Å²) in [6.07, 6.45) is 0. The van der Waals surface area contributed by atoms with Gasteiger partial charge in [0.15, 0.2) is 0 Å². The second kappa shape index (κ2) is 2.86. The molecule has 0 saturated heterocycles. The predicted octanol–water partition coefficient (Wildman–Crippen LogP) is 1.91. The zero-order valence-electron chi connectivity index (χ0n) is 7.22. The van der Waals surface area contributed by atoms with Crippen molar-refractivity contribution in [3.8, 4) is 11.7 Å². The molecule has 0 radical (unpaired) electrons. The average Bonchev–Trinajstić information content (AvgIpc) is 2.28. The van der Waals surface area contributed by atoms with Gasteiger partial charge in [-0.2, -0.15) is 0 Å². The fourth-order valence-electron chi connectivity index (χ4n) is 0.946. The van der Waals surface area contributed by atoms with Crippen LogP contribution >= 0.6 is 0 Å². The van der Waals surface area contributed by atoms with Crippen LogP contribution < -0.4 is 9.47 Å². The summed E-state index contributed by atoms with van der Waals surface area (Å²) in [7, 11) is 3.15. The molecule has 0 atom stereocenters. The van der Waals surface area contributed by atoms with Gasteiger partial charge in [0.2, 0.25) is 5.75 Å². The Morgan fingerprint density at radius 1 is 1.09 bits per heavy atom. The molecule has 0 aromatic carbocycles. The SMILES string of the molecule is COc1oc(C)c(C)c1OC. The van der Waals surface area contributed by atoms with Gasteiger partial charge in [-0.3, -0.25) is 0 Å². The van der Waals surface area contributed by atoms with E-state index in [1.807, 2.05) is 13.8 Å². The molecule has 0 aliphatic heterocycles. The molecule has 1 aromatic rings. The summed E-state index contributed by atoms with van der Waals surface area (Å²) in [6, 6.07) is 0. The van der Waals surface area contributed by atoms with Crippen LogP contribution in [0.15, 0.2) is 4.42 Å². The number of methoxy groups -OCH3 is 2. The van der Waals surface area contributed by atoms with Gasteiger partial charge >= 0.3 is 5.95 Å². The molecule has 3 heteroatoms. The lowest BCUT2D eigenvalue weighted by Crippen LogP contribution is -1.87. The summed E-state index contributed by atoms with van der Waals surface area (Å²) >= 11 is 0. The first kappa shape index (κ1) is 7.98. The Kier molecular flexibility index (Phi) is 2.08. The second-order valence-electron chi connectivity index (χ2n) is 2.31. The molecular formula is C8H12O3. The van der Waals surface area contributed by atoms with E-state index in [1.54, 1.807) is 14.2 Å². The first-order valence-electron chi connectivity index (χ1n) is 3.38. The molecule has 0 aliphatic rings. The van der Waals surface area contributed by atoms with Gasteiger partial charge in [-0.1, -0.05) is 0 Å². The highest BCUT2D eigenvalue weighted by atomic mass is 16.6. The van der Waals surface area contributed by atoms with Crippen molar-refractivity contribution >= 4 is 0 Å². The van der Waals surface area contributed by atoms with E-state index in [9.17, 15) is 0 Å². The Morgan fingerprint density at radius 3 is 2.09 bits per heavy atom. The van der Waals surface area contributed by atoms with E-state index in [4.69, 9.17) is 13.9 Å². The Bertz CT molecular complexity index is 250. The summed E-state index contributed by atoms with van der Waals surface area (Å²) in [6.45, 7) is 3.81. The Balaban J connectivity index is 3.15. The minimum Gasteiger partial charge on any atom is -0.490 e. The van der Waals surface area contributed by atoms with E-state index >= 15 is 0 Å². The maximum atomic E-state index is 5.24. The molecule has 0 spiro atoms. The van der Waals surface area contributed by atoms with Crippen molar-refractivity contribution < 1.29 is 13.9 Å². The number of hydrogen-bond donors (Lipinski definition) is 0. The highest BCUT2D eigenvalue weighted by molar-refractivity contribution is 5.42. The Labute approximate surface area is 65.9 Å². The van der Waals surface area contributed by atoms with Gasteiger partial charge < -0.3 is 13.9 Å². The van der Waals surface area contributed by atoms with Crippen LogP contribution in [0.5, 0.6) is 11.7 Å². The van der Waals surface area contributed by atoms with Crippen molar-refractivity contribution in [2.45, 2.75) is 13.8 Å². The lowest BCUT2D eigenvalue weighted by molar-refractivity contribution is 0.275. The van der Waals surface area contributed by atoms with Crippen LogP contribution in [0.4, 0.5) is 0 Å². The van der Waals surface area contributed by atoms with Crippen molar-refractivity contribution in [3.63, 3.8) is 0 Å². The van der Waals surface area contributed by atoms with E-state index in [0.29, 0.717) is 11.7 Å². The third kappa shape index (κ3) is 1.18. The quantitative estimate of drug-likeness (QED) is 0.655. The topological polar surface area (TPSA) is 31.6 Å². The zero-order valence-corrected chi connectivity index (χ0v) is 7.22. The molecule has 11 heavy (non-hydrogen) atoms. The van der Waals surface area contributed by atoms with Crippen LogP contribution in [0.1, 0.15) is 11.3 Å². The van der Waals surface area contributed by atoms with Crippen molar-refractivity contribution in [1.82, 2.24) is 0 Å². The molecule has 0 aliphatic carbocycles. The van der Waals surface area contributed by atoms with E-state index in [2.05, 4.69) is 0 Å². The van der Waals surface area contributed by atoms with Crippen LogP contribution in [0.3, 0.4) is 0 Å². The molecule has 0 bridgehead atoms. The molecule has 1 aromatic heterocycles. The first-order chi connectivity index (χ1) is 5.20. The van der Waals surface area contributed by atoms with E-state index in [0.717, 1.165) is 11.3 Å². The van der Waals surface area contributed by atoms with Gasteiger partial charge in [0, 0.05) is 5.56 Å². The maximum absolute atomic E-state index is 5.24. The van der Waals surface area contributed by atoms with Crippen LogP contribution in [-0.2, 0) is 0 Å². The molecule has 0 fully saturated rings. The van der Waals surface area contributed by atoms with Crippen molar-refractivity contribution in [2.75, 3.05) is 14.2 Å². The van der Waals surface area contributed by atoms with Gasteiger partial charge in [-0.05, 0) is 13.8 Å². The summed E-state index contributed by atoms with van der Waals surface area (Å²) in [5.41, 5.74) is 0.990. The lowest BCUT2D eigenvalue weighted by Gasteiger charge is -1.98. The molecule has 62 valence electrons. The second-order valence-corrected chi connectivity index (χ2v) is 2.31. The molecule has 0 unspecified atom stereocenters. The number of rotatable bonds is 2. The fraction of sp³-hybridized carbons (Fsp3) is 0.500. The van der Waals surface area contributed by atoms with Crippen LogP contribution in [0.2, 0.25) is 0 Å². The molecule has 1 heterocycles. The monoisotopic (exact) mass is 156 g/mol. The number of aryl methyl sites for hydroxylation is 1. The maximum Gasteiger partial charge on any atom is 0.328 e. The van der Waals surface area contributed by atoms with Crippen LogP contribution in [0.25, 0.3) is 0 Å². The largest absolute Gasteiger partial charge is 0.490 e. The first-order valence-corrected chi connectivity index (χ1v) is 3.38. The minimum absolute atomic E-state index is 0.447. The molecule has 1 rings (SSSR count). The molecule has 0 amide bonds. The standard InChI is InChI=1S/C8H12O3/c1-5-6(2)11-8(10-4)7(5)9-3/h1-4H3. The van der Waals surface area contributed by atoms with E-state index in [-0.39, 0.29) is 0 Å². The number of hydrogen-bond acceptors (Lipinski definition) is 3. The molecule has 3 nitrogen and oxygen atoms in total. The fourth-order valence-corrected chi connectivity index (χ4v) is 0.946. The van der Waals surface area contributed by atoms with Crippen LogP contribution in [0, 0.1) is 13.8 Å². The Hall–Kier alpha value is -1.12. The van der Waals surface area contributed by atoms with Gasteiger partial charge in [0.05, 0.1) is 14.2 Å². The van der Waals surface area contributed by atoms with Gasteiger partial charge in [0.25, 0.3) is 0 Å².